The summed E-state index contributed by atoms with van der Waals surface area (Å²) in [6.07, 6.45) is 7.01. The van der Waals surface area contributed by atoms with E-state index >= 15 is 0 Å². The van der Waals surface area contributed by atoms with Crippen molar-refractivity contribution >= 4 is 5.91 Å². The van der Waals surface area contributed by atoms with Crippen LogP contribution in [0.5, 0.6) is 5.75 Å². The second kappa shape index (κ2) is 7.11. The maximum Gasteiger partial charge on any atom is 0.225 e. The van der Waals surface area contributed by atoms with Crippen molar-refractivity contribution < 1.29 is 9.53 Å². The molecule has 138 valence electrons. The lowest BCUT2D eigenvalue weighted by Crippen LogP contribution is -2.38. The number of hydrogen-bond donors (Lipinski definition) is 2. The average Bonchev–Trinajstić information content (AvgIpc) is 3.30. The van der Waals surface area contributed by atoms with Crippen molar-refractivity contribution in [2.75, 3.05) is 20.2 Å². The number of aromatic nitrogens is 2. The summed E-state index contributed by atoms with van der Waals surface area (Å²) in [6.45, 7) is 1.54. The molecular weight excluding hydrogens is 328 g/mol. The largest absolute Gasteiger partial charge is 0.497 e. The third kappa shape index (κ3) is 3.21. The summed E-state index contributed by atoms with van der Waals surface area (Å²) in [5.74, 6) is 1.15. The van der Waals surface area contributed by atoms with Crippen molar-refractivity contribution in [3.63, 3.8) is 0 Å². The molecule has 1 amide bonds. The number of aryl methyl sites for hydroxylation is 2. The van der Waals surface area contributed by atoms with Gasteiger partial charge in [-0.05, 0) is 48.1 Å². The molecule has 4 rings (SSSR count). The Bertz CT molecular complexity index is 801. The summed E-state index contributed by atoms with van der Waals surface area (Å²) in [6, 6.07) is 6.28. The number of methoxy groups -OCH3 is 1. The Kier molecular flexibility index (Phi) is 4.68. The van der Waals surface area contributed by atoms with Crippen molar-refractivity contribution in [1.82, 2.24) is 20.4 Å². The van der Waals surface area contributed by atoms with Gasteiger partial charge in [0.05, 0.1) is 25.3 Å². The molecule has 1 aliphatic heterocycles. The second-order valence-corrected chi connectivity index (χ2v) is 7.34. The maximum absolute atomic E-state index is 13.0. The Morgan fingerprint density at radius 3 is 3.04 bits per heavy atom. The van der Waals surface area contributed by atoms with E-state index in [1.807, 2.05) is 25.5 Å². The fourth-order valence-corrected chi connectivity index (χ4v) is 4.28. The molecule has 2 N–H and O–H groups in total. The van der Waals surface area contributed by atoms with Crippen LogP contribution in [0.25, 0.3) is 0 Å². The van der Waals surface area contributed by atoms with E-state index in [-0.39, 0.29) is 23.8 Å². The van der Waals surface area contributed by atoms with E-state index in [0.717, 1.165) is 37.1 Å². The molecule has 0 saturated carbocycles. The minimum absolute atomic E-state index is 0.0529. The Labute approximate surface area is 153 Å². The highest BCUT2D eigenvalue weighted by atomic mass is 16.5. The highest BCUT2D eigenvalue weighted by Gasteiger charge is 2.36. The third-order valence-corrected chi connectivity index (χ3v) is 5.68. The van der Waals surface area contributed by atoms with Crippen LogP contribution in [0.1, 0.15) is 41.5 Å². The highest BCUT2D eigenvalue weighted by Crippen LogP contribution is 2.34. The smallest absolute Gasteiger partial charge is 0.225 e. The number of hydrogen-bond acceptors (Lipinski definition) is 4. The van der Waals surface area contributed by atoms with Crippen LogP contribution in [0.15, 0.2) is 30.6 Å². The van der Waals surface area contributed by atoms with Gasteiger partial charge in [0.25, 0.3) is 0 Å². The number of carbonyl (C=O) groups excluding carboxylic acids is 1. The van der Waals surface area contributed by atoms with Crippen LogP contribution < -0.4 is 15.4 Å². The van der Waals surface area contributed by atoms with Gasteiger partial charge >= 0.3 is 0 Å². The summed E-state index contributed by atoms with van der Waals surface area (Å²) < 4.78 is 7.14. The molecule has 6 nitrogen and oxygen atoms in total. The Morgan fingerprint density at radius 2 is 2.27 bits per heavy atom. The number of nitrogens with one attached hydrogen (secondary N) is 2. The van der Waals surface area contributed by atoms with Crippen LogP contribution in [0, 0.1) is 5.92 Å². The van der Waals surface area contributed by atoms with E-state index in [4.69, 9.17) is 4.74 Å². The van der Waals surface area contributed by atoms with Crippen molar-refractivity contribution in [2.45, 2.75) is 31.2 Å². The molecule has 2 heterocycles. The summed E-state index contributed by atoms with van der Waals surface area (Å²) in [7, 11) is 3.60. The second-order valence-electron chi connectivity index (χ2n) is 7.34. The fraction of sp³-hybridized carbons (Fsp3) is 0.500. The molecule has 0 spiro atoms. The van der Waals surface area contributed by atoms with E-state index < -0.39 is 0 Å². The summed E-state index contributed by atoms with van der Waals surface area (Å²) in [5.41, 5.74) is 3.65. The Morgan fingerprint density at radius 1 is 1.38 bits per heavy atom. The molecule has 1 fully saturated rings. The van der Waals surface area contributed by atoms with E-state index in [0.29, 0.717) is 6.54 Å². The molecule has 2 aromatic rings. The maximum atomic E-state index is 13.0. The van der Waals surface area contributed by atoms with Crippen LogP contribution in [0.4, 0.5) is 0 Å². The summed E-state index contributed by atoms with van der Waals surface area (Å²) in [5, 5.41) is 10.9. The molecule has 26 heavy (non-hydrogen) atoms. The summed E-state index contributed by atoms with van der Waals surface area (Å²) >= 11 is 0. The first-order valence-corrected chi connectivity index (χ1v) is 9.32. The van der Waals surface area contributed by atoms with E-state index in [2.05, 4.69) is 27.9 Å². The van der Waals surface area contributed by atoms with Crippen molar-refractivity contribution in [3.8, 4) is 5.75 Å². The van der Waals surface area contributed by atoms with Gasteiger partial charge in [-0.2, -0.15) is 5.10 Å². The number of ether oxygens (including phenoxy) is 1. The van der Waals surface area contributed by atoms with Gasteiger partial charge in [-0.1, -0.05) is 6.07 Å². The van der Waals surface area contributed by atoms with Crippen LogP contribution in [-0.4, -0.2) is 35.9 Å². The zero-order chi connectivity index (χ0) is 18.1. The van der Waals surface area contributed by atoms with Gasteiger partial charge in [0, 0.05) is 32.3 Å². The number of carbonyl (C=O) groups is 1. The van der Waals surface area contributed by atoms with E-state index in [9.17, 15) is 4.79 Å². The van der Waals surface area contributed by atoms with Gasteiger partial charge in [-0.15, -0.1) is 0 Å². The monoisotopic (exact) mass is 354 g/mol. The fourth-order valence-electron chi connectivity index (χ4n) is 4.28. The molecule has 1 unspecified atom stereocenters. The quantitative estimate of drug-likeness (QED) is 0.880. The first-order valence-electron chi connectivity index (χ1n) is 9.32. The molecule has 3 atom stereocenters. The Hall–Kier alpha value is -2.34. The van der Waals surface area contributed by atoms with Crippen LogP contribution in [0.3, 0.4) is 0 Å². The molecule has 1 aromatic carbocycles. The topological polar surface area (TPSA) is 68.2 Å². The van der Waals surface area contributed by atoms with Crippen LogP contribution in [0.2, 0.25) is 0 Å². The number of fused-ring (bicyclic) bond motifs is 1. The zero-order valence-electron chi connectivity index (χ0n) is 15.4. The standard InChI is InChI=1S/C20H26N4O2/c1-24-12-14(9-22-24)17-10-21-11-18(17)20(25)23-19-5-3-4-13-8-15(26-2)6-7-16(13)19/h6-9,12,17-19,21H,3-5,10-11H2,1-2H3,(H,23,25)/t17-,18+,19?/m1/s1. The van der Waals surface area contributed by atoms with Gasteiger partial charge in [0.1, 0.15) is 5.75 Å². The predicted molar refractivity (Wildman–Crippen MR) is 99.1 cm³/mol. The lowest BCUT2D eigenvalue weighted by atomic mass is 9.86. The number of benzene rings is 1. The molecule has 0 bridgehead atoms. The van der Waals surface area contributed by atoms with Crippen LogP contribution in [-0.2, 0) is 18.3 Å². The number of nitrogens with zero attached hydrogens (tertiary/aromatic N) is 2. The van der Waals surface area contributed by atoms with Crippen molar-refractivity contribution in [1.29, 1.82) is 0 Å². The normalized spacial score (nSPS) is 24.9. The average molecular weight is 354 g/mol. The van der Waals surface area contributed by atoms with Gasteiger partial charge in [0.15, 0.2) is 0 Å². The van der Waals surface area contributed by atoms with E-state index in [1.165, 1.54) is 11.1 Å². The van der Waals surface area contributed by atoms with Gasteiger partial charge in [-0.25, -0.2) is 0 Å². The minimum atomic E-state index is -0.0529. The third-order valence-electron chi connectivity index (χ3n) is 5.68. The van der Waals surface area contributed by atoms with Gasteiger partial charge in [0.2, 0.25) is 5.91 Å². The predicted octanol–water partition coefficient (Wildman–Crippen LogP) is 1.93. The molecule has 1 aromatic heterocycles. The first kappa shape index (κ1) is 17.1. The zero-order valence-corrected chi connectivity index (χ0v) is 15.4. The highest BCUT2D eigenvalue weighted by molar-refractivity contribution is 5.81. The lowest BCUT2D eigenvalue weighted by Gasteiger charge is -2.28. The molecular formula is C20H26N4O2. The molecule has 1 saturated heterocycles. The minimum Gasteiger partial charge on any atom is -0.497 e. The van der Waals surface area contributed by atoms with E-state index in [1.54, 1.807) is 11.8 Å². The molecule has 1 aliphatic carbocycles. The molecule has 2 aliphatic rings. The van der Waals surface area contributed by atoms with Gasteiger partial charge < -0.3 is 15.4 Å². The number of amides is 1. The van der Waals surface area contributed by atoms with Crippen LogP contribution >= 0.6 is 0 Å². The first-order chi connectivity index (χ1) is 12.7. The number of rotatable bonds is 4. The van der Waals surface area contributed by atoms with Crippen molar-refractivity contribution in [3.05, 3.63) is 47.3 Å². The Balaban J connectivity index is 1.50. The lowest BCUT2D eigenvalue weighted by molar-refractivity contribution is -0.125. The SMILES string of the molecule is COc1ccc2c(c1)CCCC2NC(=O)[C@H]1CNC[C@@H]1c1cnn(C)c1. The molecule has 6 heteroatoms. The van der Waals surface area contributed by atoms with Gasteiger partial charge in [-0.3, -0.25) is 9.48 Å². The summed E-state index contributed by atoms with van der Waals surface area (Å²) in [4.78, 5) is 13.0. The molecule has 0 radical (unpaired) electrons. The van der Waals surface area contributed by atoms with Crippen molar-refractivity contribution in [2.24, 2.45) is 13.0 Å².